The molecule has 54 heavy (non-hydrogen) atoms. The zero-order valence-electron chi connectivity index (χ0n) is 30.8. The van der Waals surface area contributed by atoms with E-state index >= 15 is 0 Å². The summed E-state index contributed by atoms with van der Waals surface area (Å²) in [6, 6.07) is 66.6. The first-order valence-corrected chi connectivity index (χ1v) is 18.8. The van der Waals surface area contributed by atoms with E-state index in [0.717, 1.165) is 17.1 Å². The Morgan fingerprint density at radius 1 is 0.426 bits per heavy atom. The van der Waals surface area contributed by atoms with Crippen molar-refractivity contribution in [3.05, 3.63) is 199 Å². The summed E-state index contributed by atoms with van der Waals surface area (Å²) < 4.78 is 2.41. The van der Waals surface area contributed by atoms with Crippen LogP contribution >= 0.6 is 0 Å². The number of aromatic nitrogens is 1. The molecule has 1 heterocycles. The van der Waals surface area contributed by atoms with Crippen molar-refractivity contribution in [1.82, 2.24) is 4.57 Å². The Labute approximate surface area is 317 Å². The van der Waals surface area contributed by atoms with E-state index in [4.69, 9.17) is 0 Å². The average Bonchev–Trinajstić information content (AvgIpc) is 3.65. The van der Waals surface area contributed by atoms with Crippen LogP contribution in [0.5, 0.6) is 0 Å². The van der Waals surface area contributed by atoms with Crippen molar-refractivity contribution in [2.45, 2.75) is 26.2 Å². The predicted molar refractivity (Wildman–Crippen MR) is 229 cm³/mol. The van der Waals surface area contributed by atoms with Gasteiger partial charge in [-0.2, -0.15) is 0 Å². The first kappa shape index (κ1) is 32.0. The maximum atomic E-state index is 3.84. The summed E-state index contributed by atoms with van der Waals surface area (Å²) in [4.78, 5) is 0. The third-order valence-corrected chi connectivity index (χ3v) is 11.5. The number of benzene rings is 8. The Morgan fingerprint density at radius 2 is 1.07 bits per heavy atom. The van der Waals surface area contributed by atoms with Crippen LogP contribution in [-0.2, 0) is 5.41 Å². The van der Waals surface area contributed by atoms with Crippen molar-refractivity contribution in [3.8, 4) is 50.2 Å². The Bertz CT molecular complexity index is 2860. The summed E-state index contributed by atoms with van der Waals surface area (Å²) in [6.07, 6.45) is 0. The molecule has 1 aliphatic rings. The van der Waals surface area contributed by atoms with E-state index in [1.165, 1.54) is 83.0 Å². The minimum absolute atomic E-state index is 0.0538. The number of fused-ring (bicyclic) bond motifs is 6. The smallest absolute Gasteiger partial charge is 0.0543 e. The molecule has 0 bridgehead atoms. The summed E-state index contributed by atoms with van der Waals surface area (Å²) in [5.41, 5.74) is 19.6. The van der Waals surface area contributed by atoms with Crippen molar-refractivity contribution < 1.29 is 0 Å². The molecule has 0 spiro atoms. The van der Waals surface area contributed by atoms with Crippen LogP contribution in [0.25, 0.3) is 72.0 Å². The van der Waals surface area contributed by atoms with Crippen LogP contribution in [0.3, 0.4) is 0 Å². The molecule has 1 aliphatic carbocycles. The van der Waals surface area contributed by atoms with Crippen molar-refractivity contribution in [1.29, 1.82) is 0 Å². The zero-order valence-corrected chi connectivity index (χ0v) is 30.8. The molecule has 8 aromatic carbocycles. The number of rotatable bonds is 6. The maximum absolute atomic E-state index is 3.84. The van der Waals surface area contributed by atoms with Gasteiger partial charge in [-0.15, -0.1) is 0 Å². The van der Waals surface area contributed by atoms with E-state index < -0.39 is 0 Å². The molecule has 0 saturated heterocycles. The van der Waals surface area contributed by atoms with Crippen LogP contribution in [0.1, 0.15) is 30.5 Å². The van der Waals surface area contributed by atoms with Crippen LogP contribution in [0.15, 0.2) is 182 Å². The van der Waals surface area contributed by atoms with Gasteiger partial charge in [-0.1, -0.05) is 141 Å². The summed E-state index contributed by atoms with van der Waals surface area (Å²) in [7, 11) is 0. The van der Waals surface area contributed by atoms with Crippen LogP contribution < -0.4 is 5.32 Å². The Balaban J connectivity index is 1.05. The molecule has 2 nitrogen and oxygen atoms in total. The molecule has 0 amide bonds. The molecule has 0 aliphatic heterocycles. The highest BCUT2D eigenvalue weighted by Gasteiger charge is 2.35. The lowest BCUT2D eigenvalue weighted by molar-refractivity contribution is 0.660. The lowest BCUT2D eigenvalue weighted by Crippen LogP contribution is -2.15. The largest absolute Gasteiger partial charge is 0.355 e. The van der Waals surface area contributed by atoms with E-state index in [-0.39, 0.29) is 5.41 Å². The van der Waals surface area contributed by atoms with Gasteiger partial charge in [0.05, 0.1) is 11.0 Å². The van der Waals surface area contributed by atoms with Crippen LogP contribution in [0, 0.1) is 6.92 Å². The number of nitrogens with one attached hydrogen (secondary N) is 1. The lowest BCUT2D eigenvalue weighted by atomic mass is 9.82. The first-order valence-electron chi connectivity index (χ1n) is 18.8. The topological polar surface area (TPSA) is 17.0 Å². The fourth-order valence-electron chi connectivity index (χ4n) is 8.65. The third-order valence-electron chi connectivity index (χ3n) is 11.5. The highest BCUT2D eigenvalue weighted by Crippen LogP contribution is 2.49. The SMILES string of the molecule is Cc1ccc2c3cc(-c4ccc(Nc5ccc6c(c5)C(C)(C)c5ccccc5-6)c(-c5ccccc5)c4)ccc3n(-c3ccc(-c4ccccc4)cc3)c2c1. The molecule has 2 heteroatoms. The molecule has 0 radical (unpaired) electrons. The molecule has 10 rings (SSSR count). The van der Waals surface area contributed by atoms with Gasteiger partial charge >= 0.3 is 0 Å². The standard InChI is InChI=1S/C52H40N2/c1-34-18-26-44-46-32-39(22-29-50(46)54(51(44)30-34)41-24-19-36(20-25-41)35-12-6-4-7-13-35)38-21-28-49(45(31-38)37-14-8-5-9-15-37)53-40-23-27-43-42-16-10-11-17-47(42)52(2,3)48(43)33-40/h4-33,53H,1-3H3. The normalized spacial score (nSPS) is 12.9. The number of anilines is 2. The van der Waals surface area contributed by atoms with Crippen molar-refractivity contribution in [2.75, 3.05) is 5.32 Å². The Kier molecular flexibility index (Phi) is 7.42. The second-order valence-electron chi connectivity index (χ2n) is 15.2. The average molecular weight is 693 g/mol. The number of hydrogen-bond donors (Lipinski definition) is 1. The number of aryl methyl sites for hydroxylation is 1. The molecule has 0 saturated carbocycles. The van der Waals surface area contributed by atoms with Crippen molar-refractivity contribution >= 4 is 33.2 Å². The monoisotopic (exact) mass is 692 g/mol. The highest BCUT2D eigenvalue weighted by molar-refractivity contribution is 6.10. The van der Waals surface area contributed by atoms with E-state index in [1.54, 1.807) is 0 Å². The first-order chi connectivity index (χ1) is 26.4. The Morgan fingerprint density at radius 3 is 1.87 bits per heavy atom. The molecule has 0 atom stereocenters. The van der Waals surface area contributed by atoms with Gasteiger partial charge in [-0.3, -0.25) is 0 Å². The number of hydrogen-bond acceptors (Lipinski definition) is 1. The lowest BCUT2D eigenvalue weighted by Gasteiger charge is -2.22. The van der Waals surface area contributed by atoms with Gasteiger partial charge in [-0.25, -0.2) is 0 Å². The summed E-state index contributed by atoms with van der Waals surface area (Å²) in [5, 5.41) is 6.34. The van der Waals surface area contributed by atoms with Crippen LogP contribution in [-0.4, -0.2) is 4.57 Å². The maximum Gasteiger partial charge on any atom is 0.0543 e. The van der Waals surface area contributed by atoms with Gasteiger partial charge in [0.2, 0.25) is 0 Å². The highest BCUT2D eigenvalue weighted by atomic mass is 15.0. The third kappa shape index (κ3) is 5.25. The van der Waals surface area contributed by atoms with E-state index in [9.17, 15) is 0 Å². The molecule has 9 aromatic rings. The number of nitrogens with zero attached hydrogens (tertiary/aromatic N) is 1. The van der Waals surface area contributed by atoms with Gasteiger partial charge < -0.3 is 9.88 Å². The van der Waals surface area contributed by atoms with Gasteiger partial charge in [0.1, 0.15) is 0 Å². The molecule has 258 valence electrons. The van der Waals surface area contributed by atoms with Gasteiger partial charge in [-0.05, 0) is 117 Å². The molecule has 1 N–H and O–H groups in total. The molecule has 0 fully saturated rings. The molecule has 1 aromatic heterocycles. The fraction of sp³-hybridized carbons (Fsp3) is 0.0769. The van der Waals surface area contributed by atoms with Crippen LogP contribution in [0.2, 0.25) is 0 Å². The van der Waals surface area contributed by atoms with E-state index in [0.29, 0.717) is 0 Å². The summed E-state index contributed by atoms with van der Waals surface area (Å²) in [6.45, 7) is 6.85. The van der Waals surface area contributed by atoms with Gasteiger partial charge in [0.15, 0.2) is 0 Å². The minimum Gasteiger partial charge on any atom is -0.355 e. The second-order valence-corrected chi connectivity index (χ2v) is 15.2. The second kappa shape index (κ2) is 12.5. The van der Waals surface area contributed by atoms with E-state index in [1.807, 2.05) is 0 Å². The van der Waals surface area contributed by atoms with Gasteiger partial charge in [0, 0.05) is 38.8 Å². The van der Waals surface area contributed by atoms with Crippen molar-refractivity contribution in [2.24, 2.45) is 0 Å². The van der Waals surface area contributed by atoms with Gasteiger partial charge in [0.25, 0.3) is 0 Å². The Hall–Kier alpha value is -6.64. The molecular formula is C52H40N2. The van der Waals surface area contributed by atoms with E-state index in [2.05, 4.69) is 213 Å². The predicted octanol–water partition coefficient (Wildman–Crippen LogP) is 14.1. The van der Waals surface area contributed by atoms with Crippen LogP contribution in [0.4, 0.5) is 11.4 Å². The molecular weight excluding hydrogens is 653 g/mol. The quantitative estimate of drug-likeness (QED) is 0.184. The fourth-order valence-corrected chi connectivity index (χ4v) is 8.65. The summed E-state index contributed by atoms with van der Waals surface area (Å²) in [5.74, 6) is 0. The molecule has 0 unspecified atom stereocenters. The summed E-state index contributed by atoms with van der Waals surface area (Å²) >= 11 is 0. The van der Waals surface area contributed by atoms with Crippen molar-refractivity contribution in [3.63, 3.8) is 0 Å². The minimum atomic E-state index is -0.0538. The zero-order chi connectivity index (χ0) is 36.4.